The molecule has 114 valence electrons. The molecule has 1 amide bonds. The highest BCUT2D eigenvalue weighted by Crippen LogP contribution is 2.34. The van der Waals surface area contributed by atoms with Gasteiger partial charge in [0.2, 0.25) is 6.79 Å². The number of ether oxygens (including phenoxy) is 2. The number of amides is 1. The Morgan fingerprint density at radius 3 is 3.04 bits per heavy atom. The summed E-state index contributed by atoms with van der Waals surface area (Å²) >= 11 is 1.29. The molecule has 1 aromatic heterocycles. The zero-order valence-corrected chi connectivity index (χ0v) is 12.7. The number of pyridine rings is 1. The van der Waals surface area contributed by atoms with Crippen LogP contribution in [0.2, 0.25) is 0 Å². The van der Waals surface area contributed by atoms with Gasteiger partial charge in [0.05, 0.1) is 16.8 Å². The summed E-state index contributed by atoms with van der Waals surface area (Å²) in [5.41, 5.74) is 1.56. The van der Waals surface area contributed by atoms with Crippen LogP contribution in [0.3, 0.4) is 0 Å². The van der Waals surface area contributed by atoms with Crippen LogP contribution >= 0.6 is 11.8 Å². The summed E-state index contributed by atoms with van der Waals surface area (Å²) in [6.07, 6.45) is 5.11. The summed E-state index contributed by atoms with van der Waals surface area (Å²) in [6, 6.07) is 9.18. The molecule has 0 spiro atoms. The van der Waals surface area contributed by atoms with Crippen molar-refractivity contribution >= 4 is 34.6 Å². The summed E-state index contributed by atoms with van der Waals surface area (Å²) in [4.78, 5) is 21.0. The fourth-order valence-corrected chi connectivity index (χ4v) is 3.01. The van der Waals surface area contributed by atoms with Crippen LogP contribution in [0.1, 0.15) is 5.56 Å². The summed E-state index contributed by atoms with van der Waals surface area (Å²) in [7, 11) is 0. The van der Waals surface area contributed by atoms with E-state index in [4.69, 9.17) is 9.47 Å². The van der Waals surface area contributed by atoms with E-state index in [9.17, 15) is 4.79 Å². The maximum Gasteiger partial charge on any atom is 0.264 e. The first-order valence-corrected chi connectivity index (χ1v) is 7.69. The SMILES string of the molecule is O=C1NC(=Nc2cccnc2)S/C1=C\c1ccc2c(c1)OCO2. The van der Waals surface area contributed by atoms with Crippen LogP contribution in [0.25, 0.3) is 6.08 Å². The van der Waals surface area contributed by atoms with Gasteiger partial charge in [0.15, 0.2) is 16.7 Å². The third-order valence-corrected chi connectivity index (χ3v) is 4.13. The normalized spacial score (nSPS) is 19.4. The monoisotopic (exact) mass is 325 g/mol. The lowest BCUT2D eigenvalue weighted by atomic mass is 10.2. The average molecular weight is 325 g/mol. The van der Waals surface area contributed by atoms with Gasteiger partial charge < -0.3 is 14.8 Å². The summed E-state index contributed by atoms with van der Waals surface area (Å²) in [5.74, 6) is 1.23. The van der Waals surface area contributed by atoms with E-state index in [0.29, 0.717) is 21.5 Å². The van der Waals surface area contributed by atoms with Gasteiger partial charge in [-0.05, 0) is 47.7 Å². The first kappa shape index (κ1) is 13.8. The molecule has 0 saturated carbocycles. The molecule has 0 aliphatic carbocycles. The van der Waals surface area contributed by atoms with Gasteiger partial charge in [-0.2, -0.15) is 0 Å². The van der Waals surface area contributed by atoms with Crippen molar-refractivity contribution in [3.05, 3.63) is 53.2 Å². The number of hydrogen-bond donors (Lipinski definition) is 1. The van der Waals surface area contributed by atoms with Gasteiger partial charge in [-0.1, -0.05) is 6.07 Å². The lowest BCUT2D eigenvalue weighted by Gasteiger charge is -1.98. The van der Waals surface area contributed by atoms with E-state index in [0.717, 1.165) is 11.3 Å². The van der Waals surface area contributed by atoms with Gasteiger partial charge in [-0.15, -0.1) is 0 Å². The fraction of sp³-hybridized carbons (Fsp3) is 0.0625. The number of thioether (sulfide) groups is 1. The Kier molecular flexibility index (Phi) is 3.47. The first-order valence-electron chi connectivity index (χ1n) is 6.87. The predicted octanol–water partition coefficient (Wildman–Crippen LogP) is 2.70. The Morgan fingerprint density at radius 2 is 2.17 bits per heavy atom. The van der Waals surface area contributed by atoms with E-state index in [1.54, 1.807) is 24.5 Å². The molecular formula is C16H11N3O3S. The Morgan fingerprint density at radius 1 is 1.26 bits per heavy atom. The van der Waals surface area contributed by atoms with Gasteiger partial charge in [-0.3, -0.25) is 9.78 Å². The van der Waals surface area contributed by atoms with E-state index in [1.807, 2.05) is 24.3 Å². The molecule has 1 saturated heterocycles. The minimum Gasteiger partial charge on any atom is -0.454 e. The van der Waals surface area contributed by atoms with Gasteiger partial charge in [-0.25, -0.2) is 4.99 Å². The largest absolute Gasteiger partial charge is 0.454 e. The lowest BCUT2D eigenvalue weighted by molar-refractivity contribution is -0.115. The molecule has 2 aliphatic heterocycles. The number of aromatic nitrogens is 1. The number of carbonyl (C=O) groups is 1. The summed E-state index contributed by atoms with van der Waals surface area (Å²) < 4.78 is 10.6. The zero-order chi connectivity index (χ0) is 15.6. The number of nitrogens with one attached hydrogen (secondary N) is 1. The van der Waals surface area contributed by atoms with Gasteiger partial charge >= 0.3 is 0 Å². The number of fused-ring (bicyclic) bond motifs is 1. The summed E-state index contributed by atoms with van der Waals surface area (Å²) in [6.45, 7) is 0.229. The minimum absolute atomic E-state index is 0.171. The molecule has 0 bridgehead atoms. The topological polar surface area (TPSA) is 72.8 Å². The number of amidine groups is 1. The lowest BCUT2D eigenvalue weighted by Crippen LogP contribution is -2.19. The van der Waals surface area contributed by atoms with Crippen LogP contribution < -0.4 is 14.8 Å². The highest BCUT2D eigenvalue weighted by molar-refractivity contribution is 8.18. The van der Waals surface area contributed by atoms with Crippen LogP contribution in [0.4, 0.5) is 5.69 Å². The molecule has 1 fully saturated rings. The number of carbonyl (C=O) groups excluding carboxylic acids is 1. The fourth-order valence-electron chi connectivity index (χ4n) is 2.17. The van der Waals surface area contributed by atoms with Gasteiger partial charge in [0.25, 0.3) is 5.91 Å². The zero-order valence-electron chi connectivity index (χ0n) is 11.9. The van der Waals surface area contributed by atoms with E-state index < -0.39 is 0 Å². The minimum atomic E-state index is -0.171. The Labute approximate surface area is 136 Å². The van der Waals surface area contributed by atoms with Crippen molar-refractivity contribution in [2.75, 3.05) is 6.79 Å². The molecule has 2 aromatic rings. The van der Waals surface area contributed by atoms with Crippen molar-refractivity contribution in [2.24, 2.45) is 4.99 Å². The van der Waals surface area contributed by atoms with Crippen molar-refractivity contribution in [3.63, 3.8) is 0 Å². The molecule has 0 atom stereocenters. The van der Waals surface area contributed by atoms with E-state index >= 15 is 0 Å². The highest BCUT2D eigenvalue weighted by atomic mass is 32.2. The summed E-state index contributed by atoms with van der Waals surface area (Å²) in [5, 5.41) is 3.28. The maximum atomic E-state index is 12.1. The van der Waals surface area contributed by atoms with Gasteiger partial charge in [0, 0.05) is 6.20 Å². The van der Waals surface area contributed by atoms with E-state index in [-0.39, 0.29) is 12.7 Å². The second-order valence-corrected chi connectivity index (χ2v) is 5.84. The van der Waals surface area contributed by atoms with Crippen LogP contribution in [0.5, 0.6) is 11.5 Å². The Hall–Kier alpha value is -2.80. The van der Waals surface area contributed by atoms with Crippen molar-refractivity contribution in [3.8, 4) is 11.5 Å². The molecule has 0 unspecified atom stereocenters. The molecule has 0 radical (unpaired) electrons. The van der Waals surface area contributed by atoms with Crippen molar-refractivity contribution in [1.82, 2.24) is 10.3 Å². The Balaban J connectivity index is 1.58. The number of hydrogen-bond acceptors (Lipinski definition) is 6. The molecule has 1 N–H and O–H groups in total. The van der Waals surface area contributed by atoms with Crippen molar-refractivity contribution in [1.29, 1.82) is 0 Å². The smallest absolute Gasteiger partial charge is 0.264 e. The Bertz CT molecular complexity index is 834. The molecule has 4 rings (SSSR count). The average Bonchev–Trinajstić information content (AvgIpc) is 3.15. The second kappa shape index (κ2) is 5.77. The van der Waals surface area contributed by atoms with Crippen molar-refractivity contribution in [2.45, 2.75) is 0 Å². The number of rotatable bonds is 2. The molecule has 7 heteroatoms. The van der Waals surface area contributed by atoms with Crippen LogP contribution in [-0.4, -0.2) is 22.9 Å². The molecule has 23 heavy (non-hydrogen) atoms. The van der Waals surface area contributed by atoms with E-state index in [2.05, 4.69) is 15.3 Å². The maximum absolute atomic E-state index is 12.1. The predicted molar refractivity (Wildman–Crippen MR) is 87.6 cm³/mol. The van der Waals surface area contributed by atoms with Crippen LogP contribution in [0, 0.1) is 0 Å². The number of aliphatic imine (C=N–C) groups is 1. The van der Waals surface area contributed by atoms with Crippen LogP contribution in [0.15, 0.2) is 52.6 Å². The molecule has 2 aliphatic rings. The third-order valence-electron chi connectivity index (χ3n) is 3.22. The molecule has 1 aromatic carbocycles. The first-order chi connectivity index (χ1) is 11.3. The molecule has 3 heterocycles. The second-order valence-electron chi connectivity index (χ2n) is 4.81. The standard InChI is InChI=1S/C16H11N3O3S/c20-15-14(7-10-3-4-12-13(6-10)22-9-21-12)23-16(19-15)18-11-2-1-5-17-8-11/h1-8H,9H2,(H,18,19,20)/b14-7-. The third kappa shape index (κ3) is 2.91. The number of benzene rings is 1. The quantitative estimate of drug-likeness (QED) is 0.860. The highest BCUT2D eigenvalue weighted by Gasteiger charge is 2.24. The van der Waals surface area contributed by atoms with Gasteiger partial charge in [0.1, 0.15) is 0 Å². The van der Waals surface area contributed by atoms with E-state index in [1.165, 1.54) is 11.8 Å². The molecule has 6 nitrogen and oxygen atoms in total. The van der Waals surface area contributed by atoms with Crippen molar-refractivity contribution < 1.29 is 14.3 Å². The number of nitrogens with zero attached hydrogens (tertiary/aromatic N) is 2. The molecular weight excluding hydrogens is 314 g/mol. The van der Waals surface area contributed by atoms with Crippen LogP contribution in [-0.2, 0) is 4.79 Å².